The van der Waals surface area contributed by atoms with Crippen molar-refractivity contribution in [2.24, 2.45) is 0 Å². The van der Waals surface area contributed by atoms with Crippen molar-refractivity contribution in [1.82, 2.24) is 9.78 Å². The van der Waals surface area contributed by atoms with Crippen molar-refractivity contribution in [3.63, 3.8) is 0 Å². The number of halogens is 1. The largest absolute Gasteiger partial charge is 0.372 e. The topological polar surface area (TPSA) is 50.2 Å². The van der Waals surface area contributed by atoms with Gasteiger partial charge in [0, 0.05) is 24.5 Å². The van der Waals surface area contributed by atoms with Gasteiger partial charge in [0.1, 0.15) is 6.54 Å². The maximum Gasteiger partial charge on any atom is 0.246 e. The van der Waals surface area contributed by atoms with Gasteiger partial charge >= 0.3 is 0 Å². The van der Waals surface area contributed by atoms with E-state index in [1.165, 1.54) is 0 Å². The molecule has 0 aliphatic carbocycles. The lowest BCUT2D eigenvalue weighted by molar-refractivity contribution is -0.116. The number of carbonyl (C=O) groups excluding carboxylic acids is 1. The van der Waals surface area contributed by atoms with Gasteiger partial charge in [-0.25, -0.2) is 0 Å². The lowest BCUT2D eigenvalue weighted by Gasteiger charge is -2.21. The van der Waals surface area contributed by atoms with Crippen LogP contribution < -0.4 is 10.2 Å². The molecule has 6 heteroatoms. The monoisotopic (exact) mass is 378 g/mol. The number of hydrogen-bond donors (Lipinski definition) is 1. The van der Waals surface area contributed by atoms with Crippen molar-refractivity contribution in [1.29, 1.82) is 0 Å². The van der Waals surface area contributed by atoms with E-state index in [0.29, 0.717) is 0 Å². The van der Waals surface area contributed by atoms with Gasteiger partial charge in [0.25, 0.3) is 0 Å². The molecule has 2 rings (SSSR count). The summed E-state index contributed by atoms with van der Waals surface area (Å²) in [7, 11) is 0. The molecule has 1 aromatic carbocycles. The third-order valence-corrected chi connectivity index (χ3v) is 5.01. The predicted octanol–water partition coefficient (Wildman–Crippen LogP) is 3.75. The van der Waals surface area contributed by atoms with Crippen LogP contribution in [0.5, 0.6) is 0 Å². The first kappa shape index (κ1) is 17.5. The minimum absolute atomic E-state index is 0.0845. The highest BCUT2D eigenvalue weighted by atomic mass is 79.9. The lowest BCUT2D eigenvalue weighted by Crippen LogP contribution is -2.22. The summed E-state index contributed by atoms with van der Waals surface area (Å²) < 4.78 is 2.66. The van der Waals surface area contributed by atoms with E-state index in [9.17, 15) is 4.79 Å². The van der Waals surface area contributed by atoms with Crippen LogP contribution in [-0.4, -0.2) is 28.8 Å². The van der Waals surface area contributed by atoms with E-state index >= 15 is 0 Å². The molecule has 1 heterocycles. The molecule has 0 radical (unpaired) electrons. The third kappa shape index (κ3) is 4.13. The molecule has 0 unspecified atom stereocenters. The minimum atomic E-state index is -0.0845. The standard InChI is InChI=1S/C17H23BrN4O/c1-5-21(6-2)15-9-7-14(8-10-15)19-16(23)11-22-13(4)17(18)12(3)20-22/h7-10H,5-6,11H2,1-4H3,(H,19,23). The van der Waals surface area contributed by atoms with Crippen LogP contribution in [0.15, 0.2) is 28.7 Å². The Labute approximate surface area is 145 Å². The molecule has 0 atom stereocenters. The normalized spacial score (nSPS) is 10.7. The number of nitrogens with one attached hydrogen (secondary N) is 1. The summed E-state index contributed by atoms with van der Waals surface area (Å²) >= 11 is 3.47. The van der Waals surface area contributed by atoms with Gasteiger partial charge in [0.15, 0.2) is 0 Å². The van der Waals surface area contributed by atoms with Gasteiger partial charge < -0.3 is 10.2 Å². The molecule has 2 aromatic rings. The molecule has 0 aliphatic heterocycles. The maximum absolute atomic E-state index is 12.2. The molecule has 0 saturated heterocycles. The molecule has 5 nitrogen and oxygen atoms in total. The number of aromatic nitrogens is 2. The van der Waals surface area contributed by atoms with Crippen molar-refractivity contribution in [3.05, 3.63) is 40.1 Å². The van der Waals surface area contributed by atoms with Crippen LogP contribution >= 0.6 is 15.9 Å². The van der Waals surface area contributed by atoms with Gasteiger partial charge in [-0.15, -0.1) is 0 Å². The average molecular weight is 379 g/mol. The Morgan fingerprint density at radius 1 is 1.22 bits per heavy atom. The Morgan fingerprint density at radius 2 is 1.83 bits per heavy atom. The van der Waals surface area contributed by atoms with E-state index < -0.39 is 0 Å². The molecule has 1 amide bonds. The Kier molecular flexibility index (Phi) is 5.82. The Balaban J connectivity index is 2.01. The molecule has 0 fully saturated rings. The molecular weight excluding hydrogens is 356 g/mol. The van der Waals surface area contributed by atoms with Gasteiger partial charge in [0.05, 0.1) is 15.9 Å². The van der Waals surface area contributed by atoms with Crippen molar-refractivity contribution >= 4 is 33.2 Å². The fraction of sp³-hybridized carbons (Fsp3) is 0.412. The summed E-state index contributed by atoms with van der Waals surface area (Å²) in [6, 6.07) is 7.93. The summed E-state index contributed by atoms with van der Waals surface area (Å²) in [5, 5.41) is 7.27. The highest BCUT2D eigenvalue weighted by molar-refractivity contribution is 9.10. The number of hydrogen-bond acceptors (Lipinski definition) is 3. The van der Waals surface area contributed by atoms with Crippen LogP contribution in [0.4, 0.5) is 11.4 Å². The van der Waals surface area contributed by atoms with Gasteiger partial charge in [-0.2, -0.15) is 5.10 Å². The van der Waals surface area contributed by atoms with Crippen molar-refractivity contribution < 1.29 is 4.79 Å². The summed E-state index contributed by atoms with van der Waals surface area (Å²) in [4.78, 5) is 14.5. The molecular formula is C17H23BrN4O. The second kappa shape index (κ2) is 7.64. The molecule has 0 spiro atoms. The number of nitrogens with zero attached hydrogens (tertiary/aromatic N) is 3. The first-order valence-corrected chi connectivity index (χ1v) is 8.59. The predicted molar refractivity (Wildman–Crippen MR) is 98.0 cm³/mol. The molecule has 124 valence electrons. The van der Waals surface area contributed by atoms with Crippen LogP contribution in [0.3, 0.4) is 0 Å². The Morgan fingerprint density at radius 3 is 2.30 bits per heavy atom. The van der Waals surface area contributed by atoms with Gasteiger partial charge in [-0.05, 0) is 67.9 Å². The zero-order valence-corrected chi connectivity index (χ0v) is 15.6. The SMILES string of the molecule is CCN(CC)c1ccc(NC(=O)Cn2nc(C)c(Br)c2C)cc1. The van der Waals surface area contributed by atoms with Crippen LogP contribution in [0.25, 0.3) is 0 Å². The molecule has 1 aromatic heterocycles. The van der Waals surface area contributed by atoms with E-state index in [2.05, 4.69) is 45.1 Å². The second-order valence-electron chi connectivity index (χ2n) is 5.41. The zero-order valence-electron chi connectivity index (χ0n) is 14.1. The van der Waals surface area contributed by atoms with E-state index in [-0.39, 0.29) is 12.5 Å². The minimum Gasteiger partial charge on any atom is -0.372 e. The Hall–Kier alpha value is -1.82. The number of benzene rings is 1. The first-order chi connectivity index (χ1) is 11.0. The number of rotatable bonds is 6. The van der Waals surface area contributed by atoms with E-state index in [1.54, 1.807) is 4.68 Å². The van der Waals surface area contributed by atoms with E-state index in [4.69, 9.17) is 0 Å². The number of amides is 1. The lowest BCUT2D eigenvalue weighted by atomic mass is 10.2. The summed E-state index contributed by atoms with van der Waals surface area (Å²) in [5.41, 5.74) is 3.80. The third-order valence-electron chi connectivity index (χ3n) is 3.87. The van der Waals surface area contributed by atoms with Crippen molar-refractivity contribution in [3.8, 4) is 0 Å². The van der Waals surface area contributed by atoms with Gasteiger partial charge in [-0.1, -0.05) is 0 Å². The fourth-order valence-electron chi connectivity index (χ4n) is 2.51. The van der Waals surface area contributed by atoms with Gasteiger partial charge in [0.2, 0.25) is 5.91 Å². The molecule has 0 saturated carbocycles. The molecule has 23 heavy (non-hydrogen) atoms. The number of anilines is 2. The smallest absolute Gasteiger partial charge is 0.246 e. The molecule has 0 bridgehead atoms. The quantitative estimate of drug-likeness (QED) is 0.832. The second-order valence-corrected chi connectivity index (χ2v) is 6.20. The van der Waals surface area contributed by atoms with Crippen molar-refractivity contribution in [2.45, 2.75) is 34.2 Å². The molecule has 0 aliphatic rings. The van der Waals surface area contributed by atoms with Crippen molar-refractivity contribution in [2.75, 3.05) is 23.3 Å². The fourth-order valence-corrected chi connectivity index (χ4v) is 2.79. The number of aryl methyl sites for hydroxylation is 1. The Bertz CT molecular complexity index is 675. The highest BCUT2D eigenvalue weighted by Gasteiger charge is 2.12. The van der Waals surface area contributed by atoms with Crippen LogP contribution in [0, 0.1) is 13.8 Å². The van der Waals surface area contributed by atoms with Gasteiger partial charge in [-0.3, -0.25) is 9.48 Å². The summed E-state index contributed by atoms with van der Waals surface area (Å²) in [6.07, 6.45) is 0. The van der Waals surface area contributed by atoms with Crippen LogP contribution in [0.1, 0.15) is 25.2 Å². The van der Waals surface area contributed by atoms with E-state index in [0.717, 1.165) is 40.3 Å². The first-order valence-electron chi connectivity index (χ1n) is 7.80. The maximum atomic E-state index is 12.2. The van der Waals surface area contributed by atoms with Crippen LogP contribution in [0.2, 0.25) is 0 Å². The highest BCUT2D eigenvalue weighted by Crippen LogP contribution is 2.20. The summed E-state index contributed by atoms with van der Waals surface area (Å²) in [5.74, 6) is -0.0845. The van der Waals surface area contributed by atoms with Crippen LogP contribution in [-0.2, 0) is 11.3 Å². The molecule has 1 N–H and O–H groups in total. The number of carbonyl (C=O) groups is 1. The van der Waals surface area contributed by atoms with E-state index in [1.807, 2.05) is 38.1 Å². The summed E-state index contributed by atoms with van der Waals surface area (Å²) in [6.45, 7) is 10.3. The average Bonchev–Trinajstić information content (AvgIpc) is 2.77. The zero-order chi connectivity index (χ0) is 17.0.